The van der Waals surface area contributed by atoms with E-state index in [4.69, 9.17) is 10.5 Å². The van der Waals surface area contributed by atoms with Crippen LogP contribution in [0.3, 0.4) is 0 Å². The van der Waals surface area contributed by atoms with Crippen LogP contribution < -0.4 is 10.5 Å². The van der Waals surface area contributed by atoms with Gasteiger partial charge in [-0.25, -0.2) is 0 Å². The number of hydrogen-bond donors (Lipinski definition) is 1. The van der Waals surface area contributed by atoms with Gasteiger partial charge in [-0.3, -0.25) is 0 Å². The molecule has 0 amide bonds. The monoisotopic (exact) mass is 376 g/mol. The average molecular weight is 376 g/mol. The molecule has 3 aromatic rings. The molecule has 136 valence electrons. The number of aromatic nitrogens is 2. The van der Waals surface area contributed by atoms with Crippen molar-refractivity contribution < 1.29 is 4.74 Å². The van der Waals surface area contributed by atoms with Crippen molar-refractivity contribution in [2.45, 2.75) is 38.8 Å². The summed E-state index contributed by atoms with van der Waals surface area (Å²) in [5, 5.41) is 19.9. The lowest BCUT2D eigenvalue weighted by molar-refractivity contribution is 0.242. The molecular formula is C21H20N4OS. The Morgan fingerprint density at radius 3 is 2.81 bits per heavy atom. The van der Waals surface area contributed by atoms with Gasteiger partial charge in [-0.05, 0) is 56.0 Å². The molecule has 2 N–H and O–H groups in total. The minimum Gasteiger partial charge on any atom is -0.490 e. The van der Waals surface area contributed by atoms with Crippen molar-refractivity contribution in [1.29, 1.82) is 5.26 Å². The topological polar surface area (TPSA) is 84.8 Å². The Labute approximate surface area is 162 Å². The summed E-state index contributed by atoms with van der Waals surface area (Å²) in [5.41, 5.74) is 11.2. The van der Waals surface area contributed by atoms with Gasteiger partial charge in [0.2, 0.25) is 0 Å². The summed E-state index contributed by atoms with van der Waals surface area (Å²) in [7, 11) is 0. The van der Waals surface area contributed by atoms with Crippen molar-refractivity contribution in [3.8, 4) is 33.0 Å². The minimum absolute atomic E-state index is 0.0163. The summed E-state index contributed by atoms with van der Waals surface area (Å²) >= 11 is 1.53. The van der Waals surface area contributed by atoms with E-state index in [9.17, 15) is 5.26 Å². The van der Waals surface area contributed by atoms with E-state index >= 15 is 0 Å². The van der Waals surface area contributed by atoms with E-state index in [-0.39, 0.29) is 12.1 Å². The van der Waals surface area contributed by atoms with E-state index in [0.717, 1.165) is 34.0 Å². The highest BCUT2D eigenvalue weighted by atomic mass is 32.1. The molecule has 0 saturated carbocycles. The standard InChI is InChI=1S/C21H20N4OS/c1-12(2)26-19-9-6-13(10-14(19)11-22)20-24-25-21(27-20)17-5-3-4-16-15(17)7-8-18(16)23/h3-6,9-10,12,18H,7-8,23H2,1-2H3/t18-/m1/s1. The molecule has 1 aliphatic carbocycles. The van der Waals surface area contributed by atoms with Crippen LogP contribution in [0.5, 0.6) is 5.75 Å². The van der Waals surface area contributed by atoms with Gasteiger partial charge in [0.05, 0.1) is 11.7 Å². The number of benzene rings is 2. The van der Waals surface area contributed by atoms with E-state index in [1.807, 2.05) is 38.1 Å². The van der Waals surface area contributed by atoms with Gasteiger partial charge in [0.25, 0.3) is 0 Å². The highest BCUT2D eigenvalue weighted by Crippen LogP contribution is 2.39. The lowest BCUT2D eigenvalue weighted by Crippen LogP contribution is -2.06. The van der Waals surface area contributed by atoms with Crippen LogP contribution >= 0.6 is 11.3 Å². The van der Waals surface area contributed by atoms with E-state index in [2.05, 4.69) is 28.4 Å². The fraction of sp³-hybridized carbons (Fsp3) is 0.286. The van der Waals surface area contributed by atoms with Gasteiger partial charge in [-0.2, -0.15) is 5.26 Å². The summed E-state index contributed by atoms with van der Waals surface area (Å²) in [4.78, 5) is 0. The molecule has 1 heterocycles. The second-order valence-corrected chi connectivity index (χ2v) is 7.90. The predicted molar refractivity (Wildman–Crippen MR) is 107 cm³/mol. The second-order valence-electron chi connectivity index (χ2n) is 6.92. The maximum absolute atomic E-state index is 9.44. The molecule has 27 heavy (non-hydrogen) atoms. The summed E-state index contributed by atoms with van der Waals surface area (Å²) in [6, 6.07) is 14.1. The lowest BCUT2D eigenvalue weighted by atomic mass is 10.0. The molecule has 0 spiro atoms. The number of fused-ring (bicyclic) bond motifs is 1. The van der Waals surface area contributed by atoms with Gasteiger partial charge in [-0.15, -0.1) is 10.2 Å². The zero-order valence-electron chi connectivity index (χ0n) is 15.3. The van der Waals surface area contributed by atoms with Gasteiger partial charge in [0.1, 0.15) is 21.8 Å². The summed E-state index contributed by atoms with van der Waals surface area (Å²) in [6.45, 7) is 3.88. The smallest absolute Gasteiger partial charge is 0.148 e. The molecule has 4 rings (SSSR count). The van der Waals surface area contributed by atoms with Gasteiger partial charge in [0, 0.05) is 17.2 Å². The predicted octanol–water partition coefficient (Wildman–Crippen LogP) is 4.48. The Morgan fingerprint density at radius 1 is 1.22 bits per heavy atom. The molecule has 0 saturated heterocycles. The fourth-order valence-corrected chi connectivity index (χ4v) is 4.34. The van der Waals surface area contributed by atoms with Crippen LogP contribution in [0.4, 0.5) is 0 Å². The van der Waals surface area contributed by atoms with Crippen molar-refractivity contribution in [2.24, 2.45) is 5.73 Å². The van der Waals surface area contributed by atoms with Crippen molar-refractivity contribution in [3.05, 3.63) is 53.1 Å². The lowest BCUT2D eigenvalue weighted by Gasteiger charge is -2.11. The molecule has 1 aliphatic rings. The summed E-state index contributed by atoms with van der Waals surface area (Å²) in [6.07, 6.45) is 1.96. The third kappa shape index (κ3) is 3.32. The van der Waals surface area contributed by atoms with Crippen molar-refractivity contribution >= 4 is 11.3 Å². The zero-order chi connectivity index (χ0) is 19.0. The Morgan fingerprint density at radius 2 is 2.04 bits per heavy atom. The molecule has 0 unspecified atom stereocenters. The SMILES string of the molecule is CC(C)Oc1ccc(-c2nnc(-c3cccc4c3CC[C@H]4N)s2)cc1C#N. The van der Waals surface area contributed by atoms with Crippen molar-refractivity contribution in [2.75, 3.05) is 0 Å². The molecule has 5 nitrogen and oxygen atoms in total. The number of nitrogens with two attached hydrogens (primary N) is 1. The van der Waals surface area contributed by atoms with Gasteiger partial charge < -0.3 is 10.5 Å². The first-order valence-electron chi connectivity index (χ1n) is 8.99. The van der Waals surface area contributed by atoms with Crippen LogP contribution in [0.1, 0.15) is 43.0 Å². The van der Waals surface area contributed by atoms with E-state index < -0.39 is 0 Å². The van der Waals surface area contributed by atoms with Crippen LogP contribution in [0, 0.1) is 11.3 Å². The Balaban J connectivity index is 1.69. The largest absolute Gasteiger partial charge is 0.490 e. The molecule has 6 heteroatoms. The highest BCUT2D eigenvalue weighted by Gasteiger charge is 2.23. The number of nitrogens with zero attached hydrogens (tertiary/aromatic N) is 3. The molecule has 0 bridgehead atoms. The van der Waals surface area contributed by atoms with Crippen LogP contribution in [0.25, 0.3) is 21.1 Å². The van der Waals surface area contributed by atoms with E-state index in [1.165, 1.54) is 22.5 Å². The van der Waals surface area contributed by atoms with Crippen molar-refractivity contribution in [1.82, 2.24) is 10.2 Å². The van der Waals surface area contributed by atoms with Crippen molar-refractivity contribution in [3.63, 3.8) is 0 Å². The summed E-state index contributed by atoms with van der Waals surface area (Å²) < 4.78 is 5.70. The Hall–Kier alpha value is -2.75. The molecular weight excluding hydrogens is 356 g/mol. The first-order valence-corrected chi connectivity index (χ1v) is 9.81. The first kappa shape index (κ1) is 17.7. The number of nitriles is 1. The number of rotatable bonds is 4. The third-order valence-corrected chi connectivity index (χ3v) is 5.69. The molecule has 1 atom stereocenters. The van der Waals surface area contributed by atoms with Crippen LogP contribution in [-0.4, -0.2) is 16.3 Å². The normalized spacial score (nSPS) is 15.6. The third-order valence-electron chi connectivity index (χ3n) is 4.68. The molecule has 1 aromatic heterocycles. The Kier molecular flexibility index (Phi) is 4.65. The van der Waals surface area contributed by atoms with Gasteiger partial charge in [-0.1, -0.05) is 29.5 Å². The highest BCUT2D eigenvalue weighted by molar-refractivity contribution is 7.17. The molecule has 0 fully saturated rings. The fourth-order valence-electron chi connectivity index (χ4n) is 3.44. The Bertz CT molecular complexity index is 1030. The second kappa shape index (κ2) is 7.10. The minimum atomic E-state index is 0.0163. The summed E-state index contributed by atoms with van der Waals surface area (Å²) in [5.74, 6) is 0.593. The van der Waals surface area contributed by atoms with E-state index in [1.54, 1.807) is 0 Å². The maximum Gasteiger partial charge on any atom is 0.148 e. The molecule has 2 aromatic carbocycles. The van der Waals surface area contributed by atoms with Gasteiger partial charge in [0.15, 0.2) is 0 Å². The van der Waals surface area contributed by atoms with Crippen LogP contribution in [0.15, 0.2) is 36.4 Å². The number of hydrogen-bond acceptors (Lipinski definition) is 6. The zero-order valence-corrected chi connectivity index (χ0v) is 16.1. The van der Waals surface area contributed by atoms with Crippen LogP contribution in [0.2, 0.25) is 0 Å². The molecule has 0 aliphatic heterocycles. The first-order chi connectivity index (χ1) is 13.1. The van der Waals surface area contributed by atoms with Gasteiger partial charge >= 0.3 is 0 Å². The maximum atomic E-state index is 9.44. The molecule has 0 radical (unpaired) electrons. The average Bonchev–Trinajstić information content (AvgIpc) is 3.29. The quantitative estimate of drug-likeness (QED) is 0.726. The van der Waals surface area contributed by atoms with E-state index in [0.29, 0.717) is 11.3 Å². The number of ether oxygens (including phenoxy) is 1. The van der Waals surface area contributed by atoms with Crippen LogP contribution in [-0.2, 0) is 6.42 Å².